The van der Waals surface area contributed by atoms with Gasteiger partial charge in [-0.3, -0.25) is 0 Å². The van der Waals surface area contributed by atoms with Crippen LogP contribution in [0.1, 0.15) is 38.6 Å². The van der Waals surface area contributed by atoms with Gasteiger partial charge < -0.3 is 24.8 Å². The molecule has 1 fully saturated rings. The Morgan fingerprint density at radius 3 is 2.38 bits per heavy atom. The van der Waals surface area contributed by atoms with Crippen LogP contribution < -0.4 is 15.5 Å². The van der Waals surface area contributed by atoms with E-state index in [9.17, 15) is 13.6 Å². The Balaban J connectivity index is 0.000000531. The molecule has 1 aliphatic heterocycles. The van der Waals surface area contributed by atoms with Gasteiger partial charge in [0.05, 0.1) is 30.7 Å². The number of benzene rings is 1. The predicted molar refractivity (Wildman–Crippen MR) is 146 cm³/mol. The standard InChI is InChI=1S/C24H25F2N7.C3H7NO2/c1-14(2)33-15(3)29-23-18(25)10-16(11-20(23)33)22-19(26)13-28-24(31-22)30-21-7-6-17(12-27-21)32-8-4-5-9-32;1-4-3(5)6-2/h6-7,10-14H,4-5,8-9H2,1-3H3,(H,27,28,30,31);1-2H3,(H,4,5). The molecule has 0 bridgehead atoms. The van der Waals surface area contributed by atoms with E-state index in [4.69, 9.17) is 0 Å². The first-order valence-corrected chi connectivity index (χ1v) is 12.7. The fourth-order valence-electron chi connectivity index (χ4n) is 4.53. The molecule has 0 radical (unpaired) electrons. The van der Waals surface area contributed by atoms with Gasteiger partial charge in [-0.05, 0) is 57.9 Å². The Morgan fingerprint density at radius 1 is 1.05 bits per heavy atom. The molecule has 10 nitrogen and oxygen atoms in total. The first kappa shape index (κ1) is 27.7. The van der Waals surface area contributed by atoms with E-state index in [1.165, 1.54) is 33.1 Å². The van der Waals surface area contributed by atoms with Crippen molar-refractivity contribution in [2.75, 3.05) is 37.5 Å². The molecule has 1 aliphatic rings. The molecular weight excluding hydrogens is 506 g/mol. The topological polar surface area (TPSA) is 110 Å². The minimum absolute atomic E-state index is 0.0103. The number of nitrogens with one attached hydrogen (secondary N) is 2. The van der Waals surface area contributed by atoms with Gasteiger partial charge in [-0.15, -0.1) is 0 Å². The Morgan fingerprint density at radius 2 is 1.79 bits per heavy atom. The van der Waals surface area contributed by atoms with Gasteiger partial charge in [0, 0.05) is 31.7 Å². The average Bonchev–Trinajstić information content (AvgIpc) is 3.58. The smallest absolute Gasteiger partial charge is 0.406 e. The molecule has 0 aliphatic carbocycles. The molecule has 206 valence electrons. The van der Waals surface area contributed by atoms with E-state index < -0.39 is 17.7 Å². The van der Waals surface area contributed by atoms with Crippen molar-refractivity contribution in [2.45, 2.75) is 39.7 Å². The maximum Gasteiger partial charge on any atom is 0.406 e. The number of rotatable bonds is 5. The summed E-state index contributed by atoms with van der Waals surface area (Å²) in [6.07, 6.45) is 4.86. The van der Waals surface area contributed by atoms with Crippen LogP contribution in [0.4, 0.5) is 31.0 Å². The second-order valence-electron chi connectivity index (χ2n) is 9.30. The van der Waals surface area contributed by atoms with Gasteiger partial charge in [-0.25, -0.2) is 33.5 Å². The number of nitrogens with zero attached hydrogens (tertiary/aromatic N) is 6. The van der Waals surface area contributed by atoms with Crippen LogP contribution in [0.5, 0.6) is 0 Å². The molecule has 1 aromatic carbocycles. The first-order valence-electron chi connectivity index (χ1n) is 12.7. The van der Waals surface area contributed by atoms with Crippen molar-refractivity contribution in [1.82, 2.24) is 29.8 Å². The lowest BCUT2D eigenvalue weighted by molar-refractivity contribution is 0.173. The number of hydrogen-bond acceptors (Lipinski definition) is 8. The zero-order valence-corrected chi connectivity index (χ0v) is 22.6. The SMILES string of the molecule is CNC(=O)OC.Cc1nc2c(F)cc(-c3nc(Nc4ccc(N5CCCC5)cn4)ncc3F)cc2n1C(C)C. The summed E-state index contributed by atoms with van der Waals surface area (Å²) in [5.74, 6) is 0.276. The van der Waals surface area contributed by atoms with E-state index in [0.717, 1.165) is 25.0 Å². The maximum absolute atomic E-state index is 14.9. The lowest BCUT2D eigenvalue weighted by Gasteiger charge is -2.17. The van der Waals surface area contributed by atoms with Crippen LogP contribution in [0.2, 0.25) is 0 Å². The number of pyridine rings is 1. The zero-order valence-electron chi connectivity index (χ0n) is 22.6. The van der Waals surface area contributed by atoms with Gasteiger partial charge in [0.25, 0.3) is 0 Å². The fourth-order valence-corrected chi connectivity index (χ4v) is 4.53. The van der Waals surface area contributed by atoms with Crippen molar-refractivity contribution in [2.24, 2.45) is 0 Å². The lowest BCUT2D eigenvalue weighted by atomic mass is 10.1. The Labute approximate surface area is 225 Å². The molecule has 39 heavy (non-hydrogen) atoms. The quantitative estimate of drug-likeness (QED) is 0.349. The van der Waals surface area contributed by atoms with Crippen LogP contribution in [0.15, 0.2) is 36.7 Å². The summed E-state index contributed by atoms with van der Waals surface area (Å²) in [5.41, 5.74) is 2.27. The Bertz CT molecular complexity index is 1440. The number of aromatic nitrogens is 5. The van der Waals surface area contributed by atoms with Gasteiger partial charge in [0.15, 0.2) is 11.6 Å². The number of anilines is 3. The summed E-state index contributed by atoms with van der Waals surface area (Å²) in [5, 5.41) is 5.27. The maximum atomic E-state index is 14.9. The number of aryl methyl sites for hydroxylation is 1. The third-order valence-electron chi connectivity index (χ3n) is 6.31. The molecule has 0 unspecified atom stereocenters. The lowest BCUT2D eigenvalue weighted by Crippen LogP contribution is -2.17. The van der Waals surface area contributed by atoms with Gasteiger partial charge in [0.1, 0.15) is 22.9 Å². The minimum atomic E-state index is -0.635. The fraction of sp³-hybridized carbons (Fsp3) is 0.370. The molecule has 3 aromatic heterocycles. The number of alkyl carbamates (subject to hydrolysis) is 1. The number of fused-ring (bicyclic) bond motifs is 1. The van der Waals surface area contributed by atoms with Crippen LogP contribution in [-0.4, -0.2) is 57.8 Å². The summed E-state index contributed by atoms with van der Waals surface area (Å²) in [7, 11) is 2.82. The number of ether oxygens (including phenoxy) is 1. The highest BCUT2D eigenvalue weighted by Gasteiger charge is 2.19. The number of carbonyl (C=O) groups excluding carboxylic acids is 1. The predicted octanol–water partition coefficient (Wildman–Crippen LogP) is 5.37. The summed E-state index contributed by atoms with van der Waals surface area (Å²) in [4.78, 5) is 29.3. The molecule has 1 amide bonds. The largest absolute Gasteiger partial charge is 0.453 e. The summed E-state index contributed by atoms with van der Waals surface area (Å²) < 4.78 is 35.6. The van der Waals surface area contributed by atoms with Crippen molar-refractivity contribution < 1.29 is 18.3 Å². The number of carbonyl (C=O) groups is 1. The Kier molecular flexibility index (Phi) is 8.52. The molecule has 0 spiro atoms. The molecule has 0 saturated carbocycles. The van der Waals surface area contributed by atoms with Crippen LogP contribution in [0, 0.1) is 18.6 Å². The number of halogens is 2. The van der Waals surface area contributed by atoms with E-state index >= 15 is 0 Å². The molecule has 4 heterocycles. The molecule has 5 rings (SSSR count). The molecular formula is C27H32F2N8O2. The van der Waals surface area contributed by atoms with E-state index in [2.05, 4.69) is 40.2 Å². The third-order valence-corrected chi connectivity index (χ3v) is 6.31. The molecule has 0 atom stereocenters. The Hall–Kier alpha value is -4.35. The van der Waals surface area contributed by atoms with Crippen molar-refractivity contribution in [1.29, 1.82) is 0 Å². The highest BCUT2D eigenvalue weighted by atomic mass is 19.1. The number of amides is 1. The monoisotopic (exact) mass is 538 g/mol. The number of methoxy groups -OCH3 is 1. The summed E-state index contributed by atoms with van der Waals surface area (Å²) in [6, 6.07) is 6.89. The highest BCUT2D eigenvalue weighted by molar-refractivity contribution is 5.83. The number of hydrogen-bond donors (Lipinski definition) is 2. The van der Waals surface area contributed by atoms with Crippen molar-refractivity contribution in [3.8, 4) is 11.3 Å². The van der Waals surface area contributed by atoms with E-state index in [1.54, 1.807) is 12.3 Å². The van der Waals surface area contributed by atoms with Crippen molar-refractivity contribution >= 4 is 34.6 Å². The van der Waals surface area contributed by atoms with Crippen LogP contribution in [0.3, 0.4) is 0 Å². The average molecular weight is 539 g/mol. The molecule has 12 heteroatoms. The second-order valence-corrected chi connectivity index (χ2v) is 9.30. The van der Waals surface area contributed by atoms with E-state index in [1.807, 2.05) is 37.5 Å². The van der Waals surface area contributed by atoms with Gasteiger partial charge in [-0.2, -0.15) is 0 Å². The minimum Gasteiger partial charge on any atom is -0.453 e. The summed E-state index contributed by atoms with van der Waals surface area (Å²) >= 11 is 0. The second kappa shape index (κ2) is 12.0. The first-order chi connectivity index (χ1) is 18.7. The van der Waals surface area contributed by atoms with Gasteiger partial charge in [0.2, 0.25) is 5.95 Å². The van der Waals surface area contributed by atoms with E-state index in [0.29, 0.717) is 22.7 Å². The van der Waals surface area contributed by atoms with Crippen LogP contribution >= 0.6 is 0 Å². The van der Waals surface area contributed by atoms with Crippen molar-refractivity contribution in [3.63, 3.8) is 0 Å². The van der Waals surface area contributed by atoms with Crippen LogP contribution in [0.25, 0.3) is 22.3 Å². The molecule has 4 aromatic rings. The number of imidazole rings is 1. The van der Waals surface area contributed by atoms with Crippen LogP contribution in [-0.2, 0) is 4.74 Å². The van der Waals surface area contributed by atoms with Gasteiger partial charge >= 0.3 is 6.09 Å². The normalized spacial score (nSPS) is 12.9. The third kappa shape index (κ3) is 6.21. The van der Waals surface area contributed by atoms with E-state index in [-0.39, 0.29) is 23.2 Å². The highest BCUT2D eigenvalue weighted by Crippen LogP contribution is 2.30. The molecule has 1 saturated heterocycles. The van der Waals surface area contributed by atoms with Crippen molar-refractivity contribution in [3.05, 3.63) is 54.1 Å². The zero-order chi connectivity index (χ0) is 28.1. The summed E-state index contributed by atoms with van der Waals surface area (Å²) in [6.45, 7) is 7.89. The molecule has 2 N–H and O–H groups in total. The van der Waals surface area contributed by atoms with Gasteiger partial charge in [-0.1, -0.05) is 0 Å².